The second-order valence-electron chi connectivity index (χ2n) is 5.36. The van der Waals surface area contributed by atoms with Gasteiger partial charge in [0.15, 0.2) is 5.17 Å². The van der Waals surface area contributed by atoms with E-state index in [9.17, 15) is 0 Å². The number of hydrogen-bond acceptors (Lipinski definition) is 3. The van der Waals surface area contributed by atoms with E-state index in [1.807, 2.05) is 11.8 Å². The van der Waals surface area contributed by atoms with E-state index in [4.69, 9.17) is 4.99 Å². The van der Waals surface area contributed by atoms with E-state index in [1.54, 1.807) is 0 Å². The van der Waals surface area contributed by atoms with Gasteiger partial charge in [-0.3, -0.25) is 4.99 Å². The maximum absolute atomic E-state index is 4.69. The number of thioether (sulfide) groups is 1. The minimum Gasteiger partial charge on any atom is -0.359 e. The van der Waals surface area contributed by atoms with Gasteiger partial charge in [-0.05, 0) is 33.9 Å². The zero-order valence-electron chi connectivity index (χ0n) is 10.6. The third-order valence-corrected chi connectivity index (χ3v) is 5.00. The number of rotatable bonds is 3. The highest BCUT2D eigenvalue weighted by Gasteiger charge is 2.39. The third kappa shape index (κ3) is 2.72. The van der Waals surface area contributed by atoms with Crippen molar-refractivity contribution in [3.8, 4) is 0 Å². The van der Waals surface area contributed by atoms with Crippen molar-refractivity contribution in [2.24, 2.45) is 4.99 Å². The molecule has 2 fully saturated rings. The predicted octanol–water partition coefficient (Wildman–Crippen LogP) is 1.94. The van der Waals surface area contributed by atoms with Gasteiger partial charge in [-0.15, -0.1) is 0 Å². The summed E-state index contributed by atoms with van der Waals surface area (Å²) in [7, 11) is 4.22. The minimum absolute atomic E-state index is 0.408. The lowest BCUT2D eigenvalue weighted by molar-refractivity contribution is 0.321. The Balaban J connectivity index is 1.86. The van der Waals surface area contributed by atoms with E-state index in [-0.39, 0.29) is 0 Å². The number of hydrogen-bond donors (Lipinski definition) is 1. The summed E-state index contributed by atoms with van der Waals surface area (Å²) in [5.74, 6) is 1.22. The van der Waals surface area contributed by atoms with Crippen LogP contribution in [0.1, 0.15) is 32.6 Å². The molecule has 0 amide bonds. The Labute approximate surface area is 103 Å². The van der Waals surface area contributed by atoms with Crippen LogP contribution in [0, 0.1) is 0 Å². The first-order valence-corrected chi connectivity index (χ1v) is 7.22. The van der Waals surface area contributed by atoms with E-state index < -0.39 is 0 Å². The van der Waals surface area contributed by atoms with Crippen molar-refractivity contribution in [3.63, 3.8) is 0 Å². The van der Waals surface area contributed by atoms with Crippen molar-refractivity contribution in [1.82, 2.24) is 10.2 Å². The number of aliphatic imine (C=N–C) groups is 1. The second kappa shape index (κ2) is 4.96. The molecule has 0 bridgehead atoms. The second-order valence-corrected chi connectivity index (χ2v) is 6.32. The van der Waals surface area contributed by atoms with Crippen molar-refractivity contribution in [2.75, 3.05) is 26.4 Å². The van der Waals surface area contributed by atoms with E-state index in [1.165, 1.54) is 36.6 Å². The molecule has 92 valence electrons. The van der Waals surface area contributed by atoms with Crippen molar-refractivity contribution in [1.29, 1.82) is 0 Å². The molecule has 1 aliphatic heterocycles. The van der Waals surface area contributed by atoms with Gasteiger partial charge in [0.25, 0.3) is 0 Å². The van der Waals surface area contributed by atoms with Crippen LogP contribution in [-0.4, -0.2) is 48.0 Å². The molecule has 0 aromatic carbocycles. The Morgan fingerprint density at radius 3 is 2.75 bits per heavy atom. The lowest BCUT2D eigenvalue weighted by Crippen LogP contribution is -2.41. The molecule has 16 heavy (non-hydrogen) atoms. The van der Waals surface area contributed by atoms with Crippen LogP contribution in [0.4, 0.5) is 0 Å². The van der Waals surface area contributed by atoms with E-state index in [0.717, 1.165) is 6.54 Å². The molecule has 1 heterocycles. The average Bonchev–Trinajstić information content (AvgIpc) is 2.86. The largest absolute Gasteiger partial charge is 0.359 e. The highest BCUT2D eigenvalue weighted by molar-refractivity contribution is 8.14. The van der Waals surface area contributed by atoms with Crippen molar-refractivity contribution in [2.45, 2.75) is 44.2 Å². The molecule has 3 nitrogen and oxygen atoms in total. The lowest BCUT2D eigenvalue weighted by atomic mass is 10.0. The van der Waals surface area contributed by atoms with Gasteiger partial charge in [-0.1, -0.05) is 24.6 Å². The minimum atomic E-state index is 0.408. The number of nitrogens with one attached hydrogen (secondary N) is 1. The summed E-state index contributed by atoms with van der Waals surface area (Å²) in [6.07, 6.45) is 5.44. The molecular formula is C12H23N3S. The number of amidine groups is 1. The summed E-state index contributed by atoms with van der Waals surface area (Å²) in [4.78, 5) is 6.91. The van der Waals surface area contributed by atoms with Gasteiger partial charge < -0.3 is 10.2 Å². The SMILES string of the molecule is CC(CN=C1NC2(CCCC2)CS1)N(C)C. The number of nitrogens with zero attached hydrogens (tertiary/aromatic N) is 2. The molecule has 0 aromatic heterocycles. The van der Waals surface area contributed by atoms with Gasteiger partial charge in [0.2, 0.25) is 0 Å². The van der Waals surface area contributed by atoms with Gasteiger partial charge >= 0.3 is 0 Å². The van der Waals surface area contributed by atoms with E-state index in [0.29, 0.717) is 11.6 Å². The number of likely N-dealkylation sites (N-methyl/N-ethyl adjacent to an activating group) is 1. The quantitative estimate of drug-likeness (QED) is 0.818. The fourth-order valence-corrected chi connectivity index (χ4v) is 3.52. The Kier molecular flexibility index (Phi) is 3.80. The van der Waals surface area contributed by atoms with Crippen LogP contribution in [0.2, 0.25) is 0 Å². The summed E-state index contributed by atoms with van der Waals surface area (Å²) < 4.78 is 0. The zero-order chi connectivity index (χ0) is 11.6. The van der Waals surface area contributed by atoms with Crippen LogP contribution in [0.3, 0.4) is 0 Å². The Morgan fingerprint density at radius 2 is 2.12 bits per heavy atom. The molecular weight excluding hydrogens is 218 g/mol. The van der Waals surface area contributed by atoms with Gasteiger partial charge in [-0.25, -0.2) is 0 Å². The standard InChI is InChI=1S/C12H23N3S/c1-10(15(2)3)8-13-11-14-12(9-16-11)6-4-5-7-12/h10H,4-9H2,1-3H3,(H,13,14). The molecule has 1 aliphatic carbocycles. The molecule has 0 radical (unpaired) electrons. The van der Waals surface area contributed by atoms with Crippen LogP contribution in [-0.2, 0) is 0 Å². The molecule has 4 heteroatoms. The molecule has 1 unspecified atom stereocenters. The van der Waals surface area contributed by atoms with Crippen LogP contribution in [0.5, 0.6) is 0 Å². The first-order chi connectivity index (χ1) is 7.61. The van der Waals surface area contributed by atoms with E-state index >= 15 is 0 Å². The van der Waals surface area contributed by atoms with Crippen LogP contribution in [0.15, 0.2) is 4.99 Å². The van der Waals surface area contributed by atoms with Crippen molar-refractivity contribution < 1.29 is 0 Å². The smallest absolute Gasteiger partial charge is 0.157 e. The van der Waals surface area contributed by atoms with Gasteiger partial charge in [0.1, 0.15) is 0 Å². The summed E-state index contributed by atoms with van der Waals surface area (Å²) >= 11 is 1.91. The monoisotopic (exact) mass is 241 g/mol. The zero-order valence-corrected chi connectivity index (χ0v) is 11.4. The maximum Gasteiger partial charge on any atom is 0.157 e. The van der Waals surface area contributed by atoms with Crippen molar-refractivity contribution >= 4 is 16.9 Å². The lowest BCUT2D eigenvalue weighted by Gasteiger charge is -2.22. The molecule has 0 aromatic rings. The molecule has 1 spiro atoms. The Morgan fingerprint density at radius 1 is 1.44 bits per heavy atom. The predicted molar refractivity (Wildman–Crippen MR) is 72.2 cm³/mol. The summed E-state index contributed by atoms with van der Waals surface area (Å²) in [5.41, 5.74) is 0.408. The van der Waals surface area contributed by atoms with Crippen LogP contribution >= 0.6 is 11.8 Å². The molecule has 2 rings (SSSR count). The molecule has 1 N–H and O–H groups in total. The first-order valence-electron chi connectivity index (χ1n) is 6.23. The van der Waals surface area contributed by atoms with E-state index in [2.05, 4.69) is 31.2 Å². The Hall–Kier alpha value is -0.220. The molecule has 1 atom stereocenters. The summed E-state index contributed by atoms with van der Waals surface area (Å²) in [6.45, 7) is 3.12. The van der Waals surface area contributed by atoms with Crippen LogP contribution in [0.25, 0.3) is 0 Å². The fraction of sp³-hybridized carbons (Fsp3) is 0.917. The van der Waals surface area contributed by atoms with Gasteiger partial charge in [0, 0.05) is 17.3 Å². The summed E-state index contributed by atoms with van der Waals surface area (Å²) in [6, 6.07) is 0.523. The van der Waals surface area contributed by atoms with Gasteiger partial charge in [-0.2, -0.15) is 0 Å². The fourth-order valence-electron chi connectivity index (χ4n) is 2.29. The molecule has 2 aliphatic rings. The Bertz CT molecular complexity index is 269. The summed E-state index contributed by atoms with van der Waals surface area (Å²) in [5, 5.41) is 4.83. The van der Waals surface area contributed by atoms with Crippen molar-refractivity contribution in [3.05, 3.63) is 0 Å². The third-order valence-electron chi connectivity index (χ3n) is 3.80. The maximum atomic E-state index is 4.69. The average molecular weight is 241 g/mol. The van der Waals surface area contributed by atoms with Gasteiger partial charge in [0.05, 0.1) is 6.54 Å². The highest BCUT2D eigenvalue weighted by atomic mass is 32.2. The highest BCUT2D eigenvalue weighted by Crippen LogP contribution is 2.37. The molecule has 1 saturated heterocycles. The molecule has 1 saturated carbocycles. The normalized spacial score (nSPS) is 27.9. The topological polar surface area (TPSA) is 27.6 Å². The van der Waals surface area contributed by atoms with Crippen LogP contribution < -0.4 is 5.32 Å². The first kappa shape index (κ1) is 12.2.